The van der Waals surface area contributed by atoms with E-state index in [0.717, 1.165) is 22.9 Å². The number of nitrogens with one attached hydrogen (secondary N) is 1. The molecule has 16 nitrogen and oxygen atoms in total. The molecule has 0 aliphatic rings. The second-order valence-electron chi connectivity index (χ2n) is 8.83. The summed E-state index contributed by atoms with van der Waals surface area (Å²) in [7, 11) is 9.87. The molecular weight excluding hydrogens is 826 g/mol. The fourth-order valence-corrected chi connectivity index (χ4v) is 3.32. The van der Waals surface area contributed by atoms with Crippen LogP contribution in [0.2, 0.25) is 0 Å². The standard InChI is InChI=1S/C9H8N4O2.C9H10N4.C5H3BrN2O2.C4H6N2.2ClH.Sn/c1-7-5-12(6-11-7)9-3-2-8(4-10-9)13(14)15;1-7-5-13(6-12-7)9-3-2-8(10)4-11-9;6-5-2-1-4(3-7-5)8(9)10;1-4-2-5-3-6-4;;;/h2-6H,1H3;2-6H,10H2,1H3;1-3H;2-3H,1H3,(H,5,6);2*1H;/q;;;;;;+2/p-2. The number of aromatic nitrogens is 9. The van der Waals surface area contributed by atoms with Crippen LogP contribution in [-0.4, -0.2) is 72.8 Å². The Hall–Kier alpha value is -4.46. The van der Waals surface area contributed by atoms with Gasteiger partial charge in [0.15, 0.2) is 0 Å². The summed E-state index contributed by atoms with van der Waals surface area (Å²) in [4.78, 5) is 46.1. The van der Waals surface area contributed by atoms with Crippen molar-refractivity contribution in [2.24, 2.45) is 0 Å². The topological polar surface area (TPSA) is 215 Å². The van der Waals surface area contributed by atoms with E-state index in [1.807, 2.05) is 43.7 Å². The van der Waals surface area contributed by atoms with Crippen LogP contribution in [0.4, 0.5) is 17.1 Å². The monoisotopic (exact) mass is 852 g/mol. The Bertz CT molecular complexity index is 1790. The van der Waals surface area contributed by atoms with Crippen molar-refractivity contribution in [3.05, 3.63) is 134 Å². The van der Waals surface area contributed by atoms with Gasteiger partial charge in [-0.05, 0) is 61.0 Å². The number of imidazole rings is 3. The molecule has 20 heteroatoms. The second-order valence-corrected chi connectivity index (χ2v) is 13.9. The Labute approximate surface area is 294 Å². The quantitative estimate of drug-likeness (QED) is 0.0893. The van der Waals surface area contributed by atoms with Crippen LogP contribution in [0.5, 0.6) is 0 Å². The average Bonchev–Trinajstić information content (AvgIpc) is 3.82. The molecule has 6 aromatic heterocycles. The van der Waals surface area contributed by atoms with Gasteiger partial charge in [-0.3, -0.25) is 29.4 Å². The van der Waals surface area contributed by atoms with Crippen LogP contribution in [0.3, 0.4) is 0 Å². The normalized spacial score (nSPS) is 9.57. The molecule has 3 N–H and O–H groups in total. The molecule has 0 bridgehead atoms. The molecule has 0 aliphatic heterocycles. The summed E-state index contributed by atoms with van der Waals surface area (Å²) in [5.41, 5.74) is 9.12. The molecule has 2 radical (unpaired) electrons. The summed E-state index contributed by atoms with van der Waals surface area (Å²) < 4.78 is 4.16. The van der Waals surface area contributed by atoms with Gasteiger partial charge >= 0.3 is 36.7 Å². The fraction of sp³-hybridized carbons (Fsp3) is 0.111. The van der Waals surface area contributed by atoms with E-state index >= 15 is 0 Å². The molecule has 6 rings (SSSR count). The van der Waals surface area contributed by atoms with Gasteiger partial charge in [0.2, 0.25) is 0 Å². The van der Waals surface area contributed by atoms with Crippen LogP contribution in [0, 0.1) is 41.0 Å². The second kappa shape index (κ2) is 20.6. The van der Waals surface area contributed by atoms with Gasteiger partial charge in [0, 0.05) is 36.4 Å². The zero-order valence-electron chi connectivity index (χ0n) is 25.0. The van der Waals surface area contributed by atoms with Crippen LogP contribution in [-0.2, 0) is 0 Å². The number of aryl methyl sites for hydroxylation is 3. The number of nitrogens with two attached hydrogens (primary N) is 1. The van der Waals surface area contributed by atoms with Crippen molar-refractivity contribution in [2.75, 3.05) is 5.73 Å². The van der Waals surface area contributed by atoms with Crippen LogP contribution < -0.4 is 5.73 Å². The Morgan fingerprint density at radius 3 is 1.55 bits per heavy atom. The summed E-state index contributed by atoms with van der Waals surface area (Å²) in [6, 6.07) is 9.58. The molecule has 0 unspecified atom stereocenters. The number of rotatable bonds is 4. The van der Waals surface area contributed by atoms with Gasteiger partial charge in [-0.25, -0.2) is 29.9 Å². The molecule has 6 aromatic rings. The summed E-state index contributed by atoms with van der Waals surface area (Å²) in [6.45, 7) is 5.77. The van der Waals surface area contributed by atoms with Crippen molar-refractivity contribution in [3.8, 4) is 11.6 Å². The summed E-state index contributed by atoms with van der Waals surface area (Å²) >= 11 is 2.24. The number of nitrogens with zero attached hydrogens (tertiary/aromatic N) is 10. The first-order valence-corrected chi connectivity index (χ1v) is 21.0. The minimum atomic E-state index is -0.826. The van der Waals surface area contributed by atoms with Crippen molar-refractivity contribution >= 4 is 69.7 Å². The van der Waals surface area contributed by atoms with E-state index in [1.54, 1.807) is 48.2 Å². The van der Waals surface area contributed by atoms with Crippen molar-refractivity contribution in [1.82, 2.24) is 44.0 Å². The zero-order chi connectivity index (χ0) is 34.8. The maximum absolute atomic E-state index is 10.4. The van der Waals surface area contributed by atoms with E-state index in [-0.39, 0.29) is 11.4 Å². The van der Waals surface area contributed by atoms with E-state index in [2.05, 4.69) is 50.8 Å². The number of H-pyrrole nitrogens is 1. The van der Waals surface area contributed by atoms with Gasteiger partial charge in [-0.15, -0.1) is 0 Å². The zero-order valence-corrected chi connectivity index (χ0v) is 30.9. The van der Waals surface area contributed by atoms with E-state index in [9.17, 15) is 20.2 Å². The number of nitro groups is 2. The molecule has 6 heterocycles. The molecule has 0 saturated heterocycles. The van der Waals surface area contributed by atoms with Crippen LogP contribution in [0.25, 0.3) is 11.6 Å². The summed E-state index contributed by atoms with van der Waals surface area (Å²) in [5, 5.41) is 20.5. The number of nitrogen functional groups attached to an aromatic ring is 1. The van der Waals surface area contributed by atoms with Crippen molar-refractivity contribution < 1.29 is 9.85 Å². The average molecular weight is 853 g/mol. The Balaban J connectivity index is 0.000000220. The van der Waals surface area contributed by atoms with Crippen molar-refractivity contribution in [3.63, 3.8) is 0 Å². The predicted molar refractivity (Wildman–Crippen MR) is 183 cm³/mol. The van der Waals surface area contributed by atoms with Gasteiger partial charge in [-0.1, -0.05) is 0 Å². The SMILES string of the molecule is Cc1cn(-c2ccc(N)cn2)cn1.Cc1cn(-c2ccc([N+](=O)[O-])cn2)cn1.Cc1cnc[nH]1.O=[N+]([O-])c1ccc(Br)nc1.[Cl][Sn][Cl]. The number of pyridine rings is 3. The van der Waals surface area contributed by atoms with E-state index in [0.29, 0.717) is 16.1 Å². The number of hydrogen-bond donors (Lipinski definition) is 2. The Kier molecular flexibility index (Phi) is 17.0. The molecule has 0 aromatic carbocycles. The van der Waals surface area contributed by atoms with Gasteiger partial charge < -0.3 is 10.7 Å². The number of aromatic amines is 1. The molecule has 0 aliphatic carbocycles. The predicted octanol–water partition coefficient (Wildman–Crippen LogP) is 6.11. The third kappa shape index (κ3) is 14.7. The third-order valence-corrected chi connectivity index (χ3v) is 5.69. The number of halogens is 3. The first kappa shape index (κ1) is 38.7. The van der Waals surface area contributed by atoms with Crippen LogP contribution in [0.15, 0.2) is 97.2 Å². The van der Waals surface area contributed by atoms with Crippen molar-refractivity contribution in [1.29, 1.82) is 0 Å². The van der Waals surface area contributed by atoms with Gasteiger partial charge in [0.1, 0.15) is 41.3 Å². The number of anilines is 1. The third-order valence-electron chi connectivity index (χ3n) is 5.22. The molecule has 0 amide bonds. The molecule has 47 heavy (non-hydrogen) atoms. The Morgan fingerprint density at radius 2 is 1.26 bits per heavy atom. The van der Waals surface area contributed by atoms with E-state index in [1.165, 1.54) is 30.6 Å². The van der Waals surface area contributed by atoms with Gasteiger partial charge in [0.25, 0.3) is 11.4 Å². The first-order chi connectivity index (χ1) is 22.4. The molecule has 0 fully saturated rings. The maximum atomic E-state index is 10.4. The fourth-order valence-electron chi connectivity index (χ4n) is 3.08. The Morgan fingerprint density at radius 1 is 0.766 bits per heavy atom. The van der Waals surface area contributed by atoms with Crippen molar-refractivity contribution in [2.45, 2.75) is 20.8 Å². The van der Waals surface area contributed by atoms with Gasteiger partial charge in [-0.2, -0.15) is 0 Å². The first-order valence-electron chi connectivity index (χ1n) is 12.9. The van der Waals surface area contributed by atoms with Gasteiger partial charge in [0.05, 0.1) is 39.4 Å². The molecule has 0 saturated carbocycles. The minimum absolute atomic E-state index is 0.00296. The van der Waals surface area contributed by atoms with E-state index in [4.69, 9.17) is 23.6 Å². The summed E-state index contributed by atoms with van der Waals surface area (Å²) in [5.74, 6) is 1.44. The van der Waals surface area contributed by atoms with Crippen LogP contribution in [0.1, 0.15) is 17.1 Å². The molecule has 0 atom stereocenters. The molecular formula is C27H27BrCl2N12O4Sn. The summed E-state index contributed by atoms with van der Waals surface area (Å²) in [6.07, 6.45) is 14.6. The van der Waals surface area contributed by atoms with Crippen LogP contribution >= 0.6 is 33.8 Å². The molecule has 244 valence electrons. The molecule has 0 spiro atoms. The van der Waals surface area contributed by atoms with E-state index < -0.39 is 28.7 Å². The number of hydrogen-bond acceptors (Lipinski definition) is 11.